The van der Waals surface area contributed by atoms with Gasteiger partial charge in [-0.1, -0.05) is 0 Å². The Hall–Kier alpha value is 0.310. The molecule has 0 heterocycles. The first kappa shape index (κ1) is 6.31. The summed E-state index contributed by atoms with van der Waals surface area (Å²) in [6.07, 6.45) is 0.760. The second kappa shape index (κ2) is 5.31. The molecule has 4 N–H and O–H groups in total. The van der Waals surface area contributed by atoms with Crippen molar-refractivity contribution >= 4 is 8.73 Å². The van der Waals surface area contributed by atoms with E-state index in [1.54, 1.807) is 0 Å². The highest BCUT2D eigenvalue weighted by atomic mass is 31.1. The fourth-order valence-electron chi connectivity index (χ4n) is 0.128. The molecule has 0 aromatic heterocycles. The fraction of sp³-hybridized carbons (Fsp3) is 1.00. The lowest BCUT2D eigenvalue weighted by Crippen LogP contribution is -2.10. The number of hydrogen-bond acceptors (Lipinski definition) is 3. The molecule has 0 spiro atoms. The third kappa shape index (κ3) is 4.31. The van der Waals surface area contributed by atoms with Gasteiger partial charge in [-0.3, -0.25) is 5.84 Å². The van der Waals surface area contributed by atoms with Crippen LogP contribution in [0.15, 0.2) is 0 Å². The minimum atomic E-state index is 0.225. The van der Waals surface area contributed by atoms with Gasteiger partial charge in [0.2, 0.25) is 0 Å². The van der Waals surface area contributed by atoms with Crippen LogP contribution in [-0.4, -0.2) is 17.9 Å². The topological polar surface area (TPSA) is 58.3 Å². The first-order valence-electron chi connectivity index (χ1n) is 1.71. The average Bonchev–Trinajstić information content (AvgIpc) is 1.61. The second-order valence-corrected chi connectivity index (χ2v) is 1.94. The molecule has 0 aliphatic carbocycles. The van der Waals surface area contributed by atoms with Crippen molar-refractivity contribution < 1.29 is 5.11 Å². The van der Waals surface area contributed by atoms with Crippen LogP contribution in [0.1, 0.15) is 0 Å². The smallest absolute Gasteiger partial charge is 0.0480 e. The van der Waals surface area contributed by atoms with Crippen LogP contribution in [0.25, 0.3) is 0 Å². The summed E-state index contributed by atoms with van der Waals surface area (Å²) in [5, 5.41) is 10.5. The Kier molecular flexibility index (Phi) is 5.58. The minimum Gasteiger partial charge on any atom is -0.396 e. The predicted octanol–water partition coefficient (Wildman–Crippen LogP) is -0.965. The molecular formula is C2H9N2OP. The number of nitrogens with two attached hydrogens (primary N) is 1. The van der Waals surface area contributed by atoms with Crippen molar-refractivity contribution in [3.8, 4) is 0 Å². The Labute approximate surface area is 38.7 Å². The van der Waals surface area contributed by atoms with Crippen molar-refractivity contribution in [1.82, 2.24) is 5.20 Å². The highest BCUT2D eigenvalue weighted by Gasteiger charge is 1.74. The Balaban J connectivity index is 2.34. The van der Waals surface area contributed by atoms with Crippen LogP contribution >= 0.6 is 8.73 Å². The highest BCUT2D eigenvalue weighted by molar-refractivity contribution is 7.35. The van der Waals surface area contributed by atoms with E-state index >= 15 is 0 Å². The summed E-state index contributed by atoms with van der Waals surface area (Å²) >= 11 is 0. The van der Waals surface area contributed by atoms with E-state index in [2.05, 4.69) is 5.20 Å². The average molecular weight is 108 g/mol. The van der Waals surface area contributed by atoms with Gasteiger partial charge < -0.3 is 5.11 Å². The van der Waals surface area contributed by atoms with Crippen LogP contribution in [0.2, 0.25) is 0 Å². The number of nitrogens with one attached hydrogen (secondary N) is 1. The van der Waals surface area contributed by atoms with Gasteiger partial charge in [0.05, 0.1) is 0 Å². The number of hydrazine groups is 1. The van der Waals surface area contributed by atoms with E-state index in [-0.39, 0.29) is 6.61 Å². The highest BCUT2D eigenvalue weighted by Crippen LogP contribution is 1.94. The van der Waals surface area contributed by atoms with Crippen LogP contribution in [-0.2, 0) is 0 Å². The zero-order valence-electron chi connectivity index (χ0n) is 3.44. The summed E-state index contributed by atoms with van der Waals surface area (Å²) in [7, 11) is 0.493. The molecule has 0 bridgehead atoms. The van der Waals surface area contributed by atoms with Crippen molar-refractivity contribution in [2.45, 2.75) is 0 Å². The molecule has 3 nitrogen and oxygen atoms in total. The lowest BCUT2D eigenvalue weighted by atomic mass is 10.9. The molecule has 0 aromatic rings. The van der Waals surface area contributed by atoms with Crippen LogP contribution < -0.4 is 11.0 Å². The molecule has 6 heavy (non-hydrogen) atoms. The largest absolute Gasteiger partial charge is 0.396 e. The molecule has 1 atom stereocenters. The zero-order chi connectivity index (χ0) is 4.83. The molecule has 0 amide bonds. The molecule has 0 fully saturated rings. The second-order valence-electron chi connectivity index (χ2n) is 0.795. The van der Waals surface area contributed by atoms with E-state index in [1.165, 1.54) is 0 Å². The summed E-state index contributed by atoms with van der Waals surface area (Å²) in [6, 6.07) is 0. The standard InChI is InChI=1S/C2H9N2OP/c3-4-6-2-1-5/h4-6H,1-3H2. The Morgan fingerprint density at radius 1 is 1.83 bits per heavy atom. The Morgan fingerprint density at radius 3 is 2.67 bits per heavy atom. The molecule has 0 aromatic carbocycles. The monoisotopic (exact) mass is 108 g/mol. The third-order valence-corrected chi connectivity index (χ3v) is 1.02. The first-order valence-corrected chi connectivity index (χ1v) is 2.92. The zero-order valence-corrected chi connectivity index (χ0v) is 4.44. The number of rotatable bonds is 3. The molecule has 0 saturated heterocycles. The molecule has 0 aliphatic rings. The van der Waals surface area contributed by atoms with Gasteiger partial charge in [0.1, 0.15) is 0 Å². The van der Waals surface area contributed by atoms with Gasteiger partial charge in [-0.05, 0) is 8.73 Å². The SMILES string of the molecule is NNPCCO. The maximum Gasteiger partial charge on any atom is 0.0480 e. The van der Waals surface area contributed by atoms with Gasteiger partial charge in [-0.25, -0.2) is 5.20 Å². The van der Waals surface area contributed by atoms with E-state index in [9.17, 15) is 0 Å². The molecule has 0 rings (SSSR count). The normalized spacial score (nSPS) is 11.0. The number of aliphatic hydroxyl groups excluding tert-OH is 1. The van der Waals surface area contributed by atoms with Gasteiger partial charge in [0, 0.05) is 12.8 Å². The van der Waals surface area contributed by atoms with Gasteiger partial charge in [-0.15, -0.1) is 0 Å². The van der Waals surface area contributed by atoms with Crippen molar-refractivity contribution in [3.63, 3.8) is 0 Å². The van der Waals surface area contributed by atoms with Crippen LogP contribution in [0.5, 0.6) is 0 Å². The lowest BCUT2D eigenvalue weighted by molar-refractivity contribution is 0.321. The van der Waals surface area contributed by atoms with Gasteiger partial charge in [0.25, 0.3) is 0 Å². The van der Waals surface area contributed by atoms with Crippen LogP contribution in [0.3, 0.4) is 0 Å². The van der Waals surface area contributed by atoms with Crippen LogP contribution in [0, 0.1) is 0 Å². The molecule has 0 saturated carbocycles. The van der Waals surface area contributed by atoms with Crippen LogP contribution in [0.4, 0.5) is 0 Å². The molecular weight excluding hydrogens is 99.0 g/mol. The third-order valence-electron chi connectivity index (χ3n) is 0.339. The molecule has 0 radical (unpaired) electrons. The van der Waals surface area contributed by atoms with Crippen molar-refractivity contribution in [2.24, 2.45) is 5.84 Å². The molecule has 0 aliphatic heterocycles. The summed E-state index contributed by atoms with van der Waals surface area (Å²) in [4.78, 5) is 0. The van der Waals surface area contributed by atoms with E-state index in [0.717, 1.165) is 6.16 Å². The fourth-order valence-corrected chi connectivity index (χ4v) is 0.384. The minimum absolute atomic E-state index is 0.225. The maximum atomic E-state index is 8.11. The Morgan fingerprint density at radius 2 is 2.50 bits per heavy atom. The summed E-state index contributed by atoms with van der Waals surface area (Å²) < 4.78 is 0. The Bertz CT molecular complexity index is 23.5. The maximum absolute atomic E-state index is 8.11. The van der Waals surface area contributed by atoms with Crippen molar-refractivity contribution in [2.75, 3.05) is 12.8 Å². The van der Waals surface area contributed by atoms with Crippen molar-refractivity contribution in [1.29, 1.82) is 0 Å². The van der Waals surface area contributed by atoms with E-state index in [1.807, 2.05) is 0 Å². The summed E-state index contributed by atoms with van der Waals surface area (Å²) in [5.74, 6) is 4.87. The lowest BCUT2D eigenvalue weighted by Gasteiger charge is -1.89. The van der Waals surface area contributed by atoms with Gasteiger partial charge in [0.15, 0.2) is 0 Å². The number of hydrogen-bond donors (Lipinski definition) is 3. The van der Waals surface area contributed by atoms with Gasteiger partial charge in [-0.2, -0.15) is 0 Å². The molecule has 4 heteroatoms. The van der Waals surface area contributed by atoms with E-state index in [0.29, 0.717) is 8.73 Å². The quantitative estimate of drug-likeness (QED) is 0.189. The first-order chi connectivity index (χ1) is 2.91. The van der Waals surface area contributed by atoms with E-state index in [4.69, 9.17) is 10.9 Å². The summed E-state index contributed by atoms with van der Waals surface area (Å²) in [5.41, 5.74) is 0. The summed E-state index contributed by atoms with van der Waals surface area (Å²) in [6.45, 7) is 0.225. The van der Waals surface area contributed by atoms with Gasteiger partial charge >= 0.3 is 0 Å². The van der Waals surface area contributed by atoms with E-state index < -0.39 is 0 Å². The number of aliphatic hydroxyl groups is 1. The molecule has 38 valence electrons. The molecule has 1 unspecified atom stereocenters. The van der Waals surface area contributed by atoms with Crippen molar-refractivity contribution in [3.05, 3.63) is 0 Å². The predicted molar refractivity (Wildman–Crippen MR) is 27.6 cm³/mol.